The van der Waals surface area contributed by atoms with Gasteiger partial charge in [-0.15, -0.1) is 0 Å². The number of rotatable bonds is 0. The molecule has 0 radical (unpaired) electrons. The maximum absolute atomic E-state index is 8.89. The topological polar surface area (TPSA) is 321 Å². The van der Waals surface area contributed by atoms with Gasteiger partial charge in [-0.25, -0.2) is 0 Å². The molecule has 0 spiro atoms. The van der Waals surface area contributed by atoms with E-state index >= 15 is 0 Å². The van der Waals surface area contributed by atoms with Crippen LogP contribution >= 0.6 is 0 Å². The van der Waals surface area contributed by atoms with Crippen LogP contribution in [-0.4, -0.2) is 47.8 Å². The summed E-state index contributed by atoms with van der Waals surface area (Å²) in [6.45, 7) is 7.78. The van der Waals surface area contributed by atoms with Crippen molar-refractivity contribution in [3.05, 3.63) is 0 Å². The smallest absolute Gasteiger partial charge is 0.550 e. The normalized spacial score (nSPS) is 5.41. The molecule has 0 bridgehead atoms. The molecule has 0 unspecified atom stereocenters. The molecule has 0 amide bonds. The molecule has 16 nitrogen and oxygen atoms in total. The van der Waals surface area contributed by atoms with Gasteiger partial charge in [0.2, 0.25) is 0 Å². The summed E-state index contributed by atoms with van der Waals surface area (Å²) in [5.74, 6) is -8.67. The third kappa shape index (κ3) is 20000. The summed E-state index contributed by atoms with van der Waals surface area (Å²) in [6.07, 6.45) is 0. The van der Waals surface area contributed by atoms with Crippen LogP contribution in [-0.2, 0) is 113 Å². The van der Waals surface area contributed by atoms with Gasteiger partial charge in [-0.1, -0.05) is 0 Å². The van der Waals surface area contributed by atoms with Crippen molar-refractivity contribution in [2.75, 3.05) is 0 Å². The molecule has 0 aromatic carbocycles. The van der Waals surface area contributed by atoms with E-state index in [9.17, 15) is 0 Å². The molecule has 21 heteroatoms. The number of carboxylic acid groups (broad SMARTS) is 8. The zero-order chi connectivity index (χ0) is 28.6. The summed E-state index contributed by atoms with van der Waals surface area (Å²) in [6, 6.07) is 0. The number of hydrogen-bond donors (Lipinski definition) is 0. The third-order valence-corrected chi connectivity index (χ3v) is 0. The fourth-order valence-electron chi connectivity index (χ4n) is 0. The molecule has 0 aromatic rings. The Morgan fingerprint density at radius 2 is 0.297 bits per heavy atom. The van der Waals surface area contributed by atoms with Gasteiger partial charge in [0.25, 0.3) is 0 Å². The maximum atomic E-state index is 8.89. The fraction of sp³-hybridized carbons (Fsp3) is 0.500. The van der Waals surface area contributed by atoms with Crippen molar-refractivity contribution in [3.63, 3.8) is 0 Å². The Hall–Kier alpha value is 1.54. The van der Waals surface area contributed by atoms with Gasteiger partial charge in [-0.05, 0) is 55.4 Å². The Morgan fingerprint density at radius 1 is 0.297 bits per heavy atom. The molecule has 0 aliphatic heterocycles. The largest absolute Gasteiger partial charge is 2.00 e. The van der Waals surface area contributed by atoms with Gasteiger partial charge in [-0.3, -0.25) is 0 Å². The van der Waals surface area contributed by atoms with Gasteiger partial charge >= 0.3 is 178 Å². The van der Waals surface area contributed by atoms with Crippen LogP contribution in [0.5, 0.6) is 0 Å². The monoisotopic (exact) mass is 884 g/mol. The second-order valence-corrected chi connectivity index (χ2v) is 3.93. The third-order valence-electron chi connectivity index (χ3n) is 0. The molecule has 37 heavy (non-hydrogen) atoms. The van der Waals surface area contributed by atoms with Gasteiger partial charge in [0.05, 0.1) is 0 Å². The first-order chi connectivity index (χ1) is 13.9. The van der Waals surface area contributed by atoms with Gasteiger partial charge in [0.1, 0.15) is 0 Å². The minimum absolute atomic E-state index is 0. The predicted octanol–water partition coefficient (Wildman–Crippen LogP) is -15.9. The van der Waals surface area contributed by atoms with Gasteiger partial charge in [-0.2, -0.15) is 0 Å². The molecular weight excluding hydrogens is 858 g/mol. The molecule has 0 aliphatic rings. The van der Waals surface area contributed by atoms with Gasteiger partial charge in [0, 0.05) is 47.8 Å². The molecule has 0 fully saturated rings. The van der Waals surface area contributed by atoms with Crippen molar-refractivity contribution in [2.24, 2.45) is 0 Å². The molecule has 0 rings (SSSR count). The van der Waals surface area contributed by atoms with Crippen LogP contribution < -0.4 is 144 Å². The van der Waals surface area contributed by atoms with Gasteiger partial charge in [0.15, 0.2) is 0 Å². The first-order valence-corrected chi connectivity index (χ1v) is 7.27. The van der Waals surface area contributed by atoms with E-state index in [1.807, 2.05) is 0 Å². The second kappa shape index (κ2) is 76.8. The van der Waals surface area contributed by atoms with Crippen LogP contribution in [0.2, 0.25) is 0 Å². The molecule has 0 aromatic heterocycles. The Morgan fingerprint density at radius 3 is 0.297 bits per heavy atom. The number of hydrogen-bond acceptors (Lipinski definition) is 16. The summed E-state index contributed by atoms with van der Waals surface area (Å²) in [5.41, 5.74) is 0. The summed E-state index contributed by atoms with van der Waals surface area (Å²) in [7, 11) is 0. The summed E-state index contributed by atoms with van der Waals surface area (Å²) in [4.78, 5) is 71.1. The van der Waals surface area contributed by atoms with Crippen LogP contribution in [0.4, 0.5) is 0 Å². The van der Waals surface area contributed by atoms with Crippen LogP contribution in [0.1, 0.15) is 55.4 Å². The predicted molar refractivity (Wildman–Crippen MR) is 85.4 cm³/mol. The van der Waals surface area contributed by atoms with E-state index in [0.29, 0.717) is 0 Å². The summed E-state index contributed by atoms with van der Waals surface area (Å²) in [5, 5.41) is 71.1. The van der Waals surface area contributed by atoms with E-state index in [0.717, 1.165) is 55.4 Å². The molecule has 0 atom stereocenters. The molecular formula is C16H24Cd2K2O16Pd. The SMILES string of the molecule is CC(=O)[O-].CC(=O)[O-].CC(=O)[O-].CC(=O)[O-].CC(=O)[O-].CC(=O)[O-].CC(=O)[O-].CC(=O)[O-].[Cd+2].[Cd+2].[K+].[K+].[Pd+2]. The van der Waals surface area contributed by atoms with E-state index in [1.54, 1.807) is 0 Å². The van der Waals surface area contributed by atoms with E-state index < -0.39 is 47.8 Å². The van der Waals surface area contributed by atoms with Gasteiger partial charge < -0.3 is 79.2 Å². The maximum Gasteiger partial charge on any atom is 2.00 e. The molecule has 0 N–H and O–H groups in total. The zero-order valence-electron chi connectivity index (χ0n) is 22.3. The minimum atomic E-state index is -1.08. The number of carbonyl (C=O) groups is 8. The van der Waals surface area contributed by atoms with Crippen LogP contribution in [0, 0.1) is 0 Å². The van der Waals surface area contributed by atoms with Crippen molar-refractivity contribution in [1.82, 2.24) is 0 Å². The second-order valence-electron chi connectivity index (χ2n) is 3.93. The Labute approximate surface area is 353 Å². The van der Waals surface area contributed by atoms with Crippen molar-refractivity contribution >= 4 is 47.8 Å². The summed E-state index contributed by atoms with van der Waals surface area (Å²) >= 11 is 0. The Bertz CT molecular complexity index is 389. The van der Waals surface area contributed by atoms with E-state index in [1.165, 1.54) is 0 Å². The molecule has 0 heterocycles. The zero-order valence-corrected chi connectivity index (χ0v) is 38.1. The molecule has 0 saturated heterocycles. The molecule has 0 saturated carbocycles. The van der Waals surface area contributed by atoms with Crippen LogP contribution in [0.3, 0.4) is 0 Å². The van der Waals surface area contributed by atoms with Crippen molar-refractivity contribution in [3.8, 4) is 0 Å². The average Bonchev–Trinajstić information content (AvgIpc) is 2.30. The number of aliphatic carboxylic acids is 8. The van der Waals surface area contributed by atoms with Crippen LogP contribution in [0.15, 0.2) is 0 Å². The first-order valence-electron chi connectivity index (χ1n) is 7.27. The quantitative estimate of drug-likeness (QED) is 0.204. The Kier molecular flexibility index (Phi) is 173. The molecule has 0 aliphatic carbocycles. The summed E-state index contributed by atoms with van der Waals surface area (Å²) < 4.78 is 0. The minimum Gasteiger partial charge on any atom is -0.550 e. The van der Waals surface area contributed by atoms with Crippen LogP contribution in [0.25, 0.3) is 0 Å². The Balaban J connectivity index is -0.0000000159. The van der Waals surface area contributed by atoms with E-state index in [2.05, 4.69) is 0 Å². The van der Waals surface area contributed by atoms with E-state index in [-0.39, 0.29) is 178 Å². The van der Waals surface area contributed by atoms with Crippen molar-refractivity contribution in [2.45, 2.75) is 55.4 Å². The van der Waals surface area contributed by atoms with Crippen molar-refractivity contribution < 1.29 is 257 Å². The first kappa shape index (κ1) is 83.3. The average molecular weight is 882 g/mol. The van der Waals surface area contributed by atoms with E-state index in [4.69, 9.17) is 79.2 Å². The standard InChI is InChI=1S/8C2H4O2.2Cd.2K.Pd/c8*1-2(3)4;;;;;/h8*1H3,(H,3,4);;;;;/q;;;;;;;;2*+2;2*+1;+2/p-8. The fourth-order valence-corrected chi connectivity index (χ4v) is 0. The number of carboxylic acids is 8. The van der Waals surface area contributed by atoms with Crippen molar-refractivity contribution in [1.29, 1.82) is 0 Å². The molecule has 200 valence electrons. The number of carbonyl (C=O) groups excluding carboxylic acids is 8.